The molecule has 3 aromatic rings. The topological polar surface area (TPSA) is 17.1 Å². The van der Waals surface area contributed by atoms with Gasteiger partial charge in [-0.15, -0.1) is 6.58 Å². The number of Topliss-reactive ketones (excluding diaryl/α,β-unsaturated/α-hetero) is 1. The highest BCUT2D eigenvalue weighted by Crippen LogP contribution is 2.43. The van der Waals surface area contributed by atoms with Gasteiger partial charge in [0.2, 0.25) is 0 Å². The number of rotatable bonds is 7. The van der Waals surface area contributed by atoms with Crippen LogP contribution in [0.15, 0.2) is 104 Å². The fraction of sp³-hybridized carbons (Fsp3) is 0.0833. The lowest BCUT2D eigenvalue weighted by Gasteiger charge is -2.28. The Hall–Kier alpha value is -2.63. The first-order chi connectivity index (χ1) is 12.8. The highest BCUT2D eigenvalue weighted by atomic mass is 31.2. The first-order valence-electron chi connectivity index (χ1n) is 8.82. The number of hydrogen-bond donors (Lipinski definition) is 0. The Labute approximate surface area is 156 Å². The van der Waals surface area contributed by atoms with E-state index in [4.69, 9.17) is 0 Å². The van der Waals surface area contributed by atoms with Crippen molar-refractivity contribution in [2.75, 3.05) is 0 Å². The van der Waals surface area contributed by atoms with E-state index in [2.05, 4.69) is 79.4 Å². The minimum absolute atomic E-state index is 0.176. The van der Waals surface area contributed by atoms with Crippen LogP contribution >= 0.6 is 6.89 Å². The molecule has 2 heteroatoms. The Morgan fingerprint density at radius 2 is 1.12 bits per heavy atom. The summed E-state index contributed by atoms with van der Waals surface area (Å²) in [4.78, 5) is 12.9. The maximum atomic E-state index is 12.9. The van der Waals surface area contributed by atoms with Gasteiger partial charge < -0.3 is 0 Å². The molecule has 0 aliphatic rings. The number of hydrogen-bond acceptors (Lipinski definition) is 1. The summed E-state index contributed by atoms with van der Waals surface area (Å²) in [5, 5.41) is 3.60. The second-order valence-electron chi connectivity index (χ2n) is 6.15. The smallest absolute Gasteiger partial charge is 0.157 e. The van der Waals surface area contributed by atoms with Gasteiger partial charge in [-0.05, 0) is 35.0 Å². The highest BCUT2D eigenvalue weighted by molar-refractivity contribution is 7.95. The van der Waals surface area contributed by atoms with Crippen molar-refractivity contribution < 1.29 is 4.79 Å². The molecule has 0 aliphatic heterocycles. The fourth-order valence-corrected chi connectivity index (χ4v) is 7.02. The normalized spacial score (nSPS) is 10.9. The lowest BCUT2D eigenvalue weighted by Crippen LogP contribution is -2.28. The maximum absolute atomic E-state index is 12.9. The zero-order valence-electron chi connectivity index (χ0n) is 14.8. The lowest BCUT2D eigenvalue weighted by molar-refractivity contribution is -0.112. The fourth-order valence-electron chi connectivity index (χ4n) is 3.19. The molecule has 0 atom stereocenters. The molecule has 0 aliphatic carbocycles. The molecular weight excluding hydrogens is 335 g/mol. The van der Waals surface area contributed by atoms with E-state index in [1.54, 1.807) is 6.08 Å². The van der Waals surface area contributed by atoms with Crippen LogP contribution in [0, 0.1) is 0 Å². The van der Waals surface area contributed by atoms with Gasteiger partial charge in [-0.25, -0.2) is 0 Å². The zero-order valence-corrected chi connectivity index (χ0v) is 15.7. The van der Waals surface area contributed by atoms with Crippen LogP contribution < -0.4 is 15.9 Å². The van der Waals surface area contributed by atoms with E-state index in [9.17, 15) is 4.79 Å². The number of carbonyl (C=O) groups excluding carboxylic acids is 1. The predicted molar refractivity (Wildman–Crippen MR) is 116 cm³/mol. The molecule has 0 N–H and O–H groups in total. The Balaban J connectivity index is 2.34. The third-order valence-electron chi connectivity index (χ3n) is 4.42. The van der Waals surface area contributed by atoms with Gasteiger partial charge in [0, 0.05) is 6.42 Å². The molecule has 1 nitrogen and oxygen atoms in total. The summed E-state index contributed by atoms with van der Waals surface area (Å²) < 4.78 is 0. The van der Waals surface area contributed by atoms with Crippen LogP contribution in [0.1, 0.15) is 12.8 Å². The van der Waals surface area contributed by atoms with E-state index in [1.165, 1.54) is 15.9 Å². The van der Waals surface area contributed by atoms with E-state index >= 15 is 0 Å². The first kappa shape index (κ1) is 18.2. The first-order valence-corrected chi connectivity index (χ1v) is 10.7. The largest absolute Gasteiger partial charge is 0.295 e. The SMILES string of the molecule is C=CCCC(=O)C=P(c1ccccc1)(c1ccccc1)c1ccccc1. The van der Waals surface area contributed by atoms with E-state index in [-0.39, 0.29) is 5.78 Å². The molecule has 0 fully saturated rings. The number of carbonyl (C=O) groups is 1. The molecule has 0 saturated heterocycles. The predicted octanol–water partition coefficient (Wildman–Crippen LogP) is 4.32. The van der Waals surface area contributed by atoms with E-state index in [1.807, 2.05) is 24.0 Å². The van der Waals surface area contributed by atoms with Crippen molar-refractivity contribution in [3.05, 3.63) is 104 Å². The van der Waals surface area contributed by atoms with E-state index < -0.39 is 6.89 Å². The van der Waals surface area contributed by atoms with Crippen molar-refractivity contribution in [3.63, 3.8) is 0 Å². The van der Waals surface area contributed by atoms with Gasteiger partial charge in [0.25, 0.3) is 0 Å². The molecule has 0 heterocycles. The van der Waals surface area contributed by atoms with E-state index in [0.717, 1.165) is 0 Å². The van der Waals surface area contributed by atoms with Crippen LogP contribution in [-0.2, 0) is 4.79 Å². The monoisotopic (exact) mass is 358 g/mol. The number of benzene rings is 3. The Bertz CT molecular complexity index is 809. The lowest BCUT2D eigenvalue weighted by atomic mass is 10.2. The van der Waals surface area contributed by atoms with Crippen molar-refractivity contribution >= 4 is 34.4 Å². The van der Waals surface area contributed by atoms with Crippen LogP contribution in [0.2, 0.25) is 0 Å². The van der Waals surface area contributed by atoms with Gasteiger partial charge in [0.05, 0.1) is 0 Å². The van der Waals surface area contributed by atoms with Crippen molar-refractivity contribution in [1.82, 2.24) is 0 Å². The minimum atomic E-state index is -2.16. The minimum Gasteiger partial charge on any atom is -0.295 e. The summed E-state index contributed by atoms with van der Waals surface area (Å²) in [5.41, 5.74) is 0. The molecule has 0 amide bonds. The van der Waals surface area contributed by atoms with Crippen LogP contribution in [-0.4, -0.2) is 11.6 Å². The summed E-state index contributed by atoms with van der Waals surface area (Å²) in [7, 11) is 0. The van der Waals surface area contributed by atoms with Crippen LogP contribution in [0.5, 0.6) is 0 Å². The third-order valence-corrected chi connectivity index (χ3v) is 8.44. The van der Waals surface area contributed by atoms with Crippen LogP contribution in [0.4, 0.5) is 0 Å². The molecule has 130 valence electrons. The van der Waals surface area contributed by atoms with Gasteiger partial charge in [-0.3, -0.25) is 4.79 Å². The third kappa shape index (κ3) is 3.79. The van der Waals surface area contributed by atoms with Gasteiger partial charge >= 0.3 is 0 Å². The second kappa shape index (κ2) is 8.65. The summed E-state index contributed by atoms with van der Waals surface area (Å²) >= 11 is 0. The molecular formula is C24H23OP. The molecule has 0 bridgehead atoms. The standard InChI is InChI=1S/C24H23OP/c1-2-3-13-21(25)20-26(22-14-7-4-8-15-22,23-16-9-5-10-17-23)24-18-11-6-12-19-24/h2,4-12,14-20H,1,3,13H2. The van der Waals surface area contributed by atoms with Gasteiger partial charge in [-0.2, -0.15) is 0 Å². The maximum Gasteiger partial charge on any atom is 0.157 e. The number of ketones is 1. The Kier molecular flexibility index (Phi) is 6.04. The molecule has 0 unspecified atom stereocenters. The van der Waals surface area contributed by atoms with Crippen molar-refractivity contribution in [2.45, 2.75) is 12.8 Å². The van der Waals surface area contributed by atoms with E-state index in [0.29, 0.717) is 12.8 Å². The molecule has 3 aromatic carbocycles. The molecule has 0 aromatic heterocycles. The highest BCUT2D eigenvalue weighted by Gasteiger charge is 2.25. The van der Waals surface area contributed by atoms with Crippen molar-refractivity contribution in [1.29, 1.82) is 0 Å². The molecule has 0 spiro atoms. The molecule has 0 saturated carbocycles. The molecule has 0 radical (unpaired) electrons. The quantitative estimate of drug-likeness (QED) is 0.454. The second-order valence-corrected chi connectivity index (χ2v) is 9.40. The Morgan fingerprint density at radius 1 is 0.731 bits per heavy atom. The Morgan fingerprint density at radius 3 is 1.46 bits per heavy atom. The van der Waals surface area contributed by atoms with Gasteiger partial charge in [0.15, 0.2) is 5.78 Å². The van der Waals surface area contributed by atoms with Gasteiger partial charge in [-0.1, -0.05) is 97.1 Å². The summed E-state index contributed by atoms with van der Waals surface area (Å²) in [6.07, 6.45) is 3.00. The molecule has 26 heavy (non-hydrogen) atoms. The van der Waals surface area contributed by atoms with Crippen LogP contribution in [0.25, 0.3) is 0 Å². The van der Waals surface area contributed by atoms with Crippen LogP contribution in [0.3, 0.4) is 0 Å². The molecule has 3 rings (SSSR count). The summed E-state index contributed by atoms with van der Waals surface area (Å²) in [6.45, 7) is 1.59. The average molecular weight is 358 g/mol. The van der Waals surface area contributed by atoms with Gasteiger partial charge in [0.1, 0.15) is 0 Å². The summed E-state index contributed by atoms with van der Waals surface area (Å²) in [6, 6.07) is 31.2. The van der Waals surface area contributed by atoms with Crippen molar-refractivity contribution in [3.8, 4) is 0 Å². The zero-order chi connectivity index (χ0) is 18.2. The summed E-state index contributed by atoms with van der Waals surface area (Å²) in [5.74, 6) is 2.17. The van der Waals surface area contributed by atoms with Crippen molar-refractivity contribution in [2.24, 2.45) is 0 Å². The average Bonchev–Trinajstić information content (AvgIpc) is 2.72. The number of allylic oxidation sites excluding steroid dienone is 1.